The van der Waals surface area contributed by atoms with Crippen molar-refractivity contribution in [2.24, 2.45) is 0 Å². The van der Waals surface area contributed by atoms with Gasteiger partial charge in [-0.3, -0.25) is 4.90 Å². The Balaban J connectivity index is 1.51. The first-order valence-electron chi connectivity index (χ1n) is 12.8. The first kappa shape index (κ1) is 23.4. The van der Waals surface area contributed by atoms with E-state index in [4.69, 9.17) is 16.7 Å². The van der Waals surface area contributed by atoms with Gasteiger partial charge in [0.05, 0.1) is 11.4 Å². The predicted octanol–water partition coefficient (Wildman–Crippen LogP) is 5.39. The Morgan fingerprint density at radius 3 is 2.35 bits per heavy atom. The molecular weight excluding hydrogens is 442 g/mol. The largest absolute Gasteiger partial charge is 0.354 e. The Morgan fingerprint density at radius 1 is 0.941 bits per heavy atom. The molecule has 1 aliphatic heterocycles. The van der Waals surface area contributed by atoms with Gasteiger partial charge in [0.15, 0.2) is 0 Å². The molecule has 5 rings (SSSR count). The van der Waals surface area contributed by atoms with Crippen LogP contribution in [0.1, 0.15) is 43.5 Å². The number of benzene rings is 2. The van der Waals surface area contributed by atoms with Crippen molar-refractivity contribution in [2.75, 3.05) is 37.6 Å². The summed E-state index contributed by atoms with van der Waals surface area (Å²) in [6.07, 6.45) is 3.49. The number of rotatable bonds is 9. The van der Waals surface area contributed by atoms with E-state index in [-0.39, 0.29) is 0 Å². The average molecular weight is 478 g/mol. The molecular formula is C28H36ClN5. The summed E-state index contributed by atoms with van der Waals surface area (Å²) in [5, 5.41) is 5.99. The molecule has 1 saturated carbocycles. The standard InChI is InChI=1S/C28H36ClN5/c1-3-27-26(21-33(24-13-14-24)20-22-9-8-10-23(29)19-22)28(32-17-15-31(4-2)16-18-32)34(30-27)25-11-6-5-7-12-25/h5-12,19,24H,3-4,13-18,20-21H2,1-2H3. The second-order valence-electron chi connectivity index (χ2n) is 9.54. The van der Waals surface area contributed by atoms with Crippen molar-refractivity contribution in [3.8, 4) is 5.69 Å². The van der Waals surface area contributed by atoms with Crippen LogP contribution in [0.4, 0.5) is 5.82 Å². The third kappa shape index (κ3) is 5.17. The Hall–Kier alpha value is -2.34. The molecule has 6 heteroatoms. The van der Waals surface area contributed by atoms with Crippen molar-refractivity contribution in [2.45, 2.75) is 52.2 Å². The zero-order valence-corrected chi connectivity index (χ0v) is 21.2. The highest BCUT2D eigenvalue weighted by molar-refractivity contribution is 6.30. The molecule has 0 atom stereocenters. The summed E-state index contributed by atoms with van der Waals surface area (Å²) in [7, 11) is 0. The molecule has 5 nitrogen and oxygen atoms in total. The van der Waals surface area contributed by atoms with Gasteiger partial charge in [-0.2, -0.15) is 5.10 Å². The van der Waals surface area contributed by atoms with Crippen molar-refractivity contribution in [1.29, 1.82) is 0 Å². The van der Waals surface area contributed by atoms with E-state index >= 15 is 0 Å². The molecule has 2 aliphatic rings. The highest BCUT2D eigenvalue weighted by Crippen LogP contribution is 2.35. The van der Waals surface area contributed by atoms with Gasteiger partial charge in [0.1, 0.15) is 5.82 Å². The number of aromatic nitrogens is 2. The van der Waals surface area contributed by atoms with Crippen LogP contribution in [-0.2, 0) is 19.5 Å². The second kappa shape index (κ2) is 10.5. The first-order chi connectivity index (χ1) is 16.7. The summed E-state index contributed by atoms with van der Waals surface area (Å²) in [4.78, 5) is 7.75. The number of aryl methyl sites for hydroxylation is 1. The maximum absolute atomic E-state index is 6.31. The van der Waals surface area contributed by atoms with Crippen LogP contribution in [0.5, 0.6) is 0 Å². The maximum atomic E-state index is 6.31. The average Bonchev–Trinajstić information content (AvgIpc) is 3.66. The summed E-state index contributed by atoms with van der Waals surface area (Å²) in [6, 6.07) is 19.6. The summed E-state index contributed by atoms with van der Waals surface area (Å²) in [5.41, 5.74) is 5.04. The fourth-order valence-corrected chi connectivity index (χ4v) is 5.32. The Morgan fingerprint density at radius 2 is 1.71 bits per heavy atom. The number of halogens is 1. The van der Waals surface area contributed by atoms with Gasteiger partial charge < -0.3 is 9.80 Å². The number of piperazine rings is 1. The Kier molecular flexibility index (Phi) is 7.23. The van der Waals surface area contributed by atoms with Gasteiger partial charge in [0.2, 0.25) is 0 Å². The minimum Gasteiger partial charge on any atom is -0.354 e. The molecule has 2 aromatic carbocycles. The Bertz CT molecular complexity index is 1080. The molecule has 0 unspecified atom stereocenters. The van der Waals surface area contributed by atoms with Crippen molar-refractivity contribution in [3.05, 3.63) is 76.4 Å². The molecule has 34 heavy (non-hydrogen) atoms. The number of anilines is 1. The first-order valence-corrected chi connectivity index (χ1v) is 13.2. The molecule has 0 amide bonds. The number of para-hydroxylation sites is 1. The van der Waals surface area contributed by atoms with Crippen molar-refractivity contribution >= 4 is 17.4 Å². The molecule has 0 bridgehead atoms. The van der Waals surface area contributed by atoms with Crippen molar-refractivity contribution in [1.82, 2.24) is 19.6 Å². The number of hydrogen-bond acceptors (Lipinski definition) is 4. The van der Waals surface area contributed by atoms with Gasteiger partial charge in [0, 0.05) is 55.9 Å². The van der Waals surface area contributed by atoms with Crippen LogP contribution in [0.3, 0.4) is 0 Å². The minimum absolute atomic E-state index is 0.647. The monoisotopic (exact) mass is 477 g/mol. The predicted molar refractivity (Wildman–Crippen MR) is 141 cm³/mol. The normalized spacial score (nSPS) is 17.0. The fraction of sp³-hybridized carbons (Fsp3) is 0.464. The smallest absolute Gasteiger partial charge is 0.137 e. The van der Waals surface area contributed by atoms with Crippen LogP contribution < -0.4 is 4.90 Å². The van der Waals surface area contributed by atoms with E-state index in [0.717, 1.165) is 62.9 Å². The van der Waals surface area contributed by atoms with Gasteiger partial charge in [-0.05, 0) is 55.6 Å². The molecule has 2 fully saturated rings. The SMILES string of the molecule is CCc1nn(-c2ccccc2)c(N2CCN(CC)CC2)c1CN(Cc1cccc(Cl)c1)C1CC1. The summed E-state index contributed by atoms with van der Waals surface area (Å²) in [6.45, 7) is 11.8. The minimum atomic E-state index is 0.647. The van der Waals surface area contributed by atoms with Crippen LogP contribution in [-0.4, -0.2) is 58.3 Å². The quantitative estimate of drug-likeness (QED) is 0.412. The topological polar surface area (TPSA) is 27.5 Å². The lowest BCUT2D eigenvalue weighted by Crippen LogP contribution is -2.47. The maximum Gasteiger partial charge on any atom is 0.137 e. The van der Waals surface area contributed by atoms with Gasteiger partial charge in [-0.25, -0.2) is 4.68 Å². The van der Waals surface area contributed by atoms with Gasteiger partial charge in [-0.15, -0.1) is 0 Å². The van der Waals surface area contributed by atoms with Gasteiger partial charge in [-0.1, -0.05) is 55.8 Å². The zero-order chi connectivity index (χ0) is 23.5. The van der Waals surface area contributed by atoms with E-state index in [1.165, 1.54) is 35.5 Å². The summed E-state index contributed by atoms with van der Waals surface area (Å²) < 4.78 is 2.21. The molecule has 1 aliphatic carbocycles. The molecule has 1 aromatic heterocycles. The molecule has 0 spiro atoms. The number of nitrogens with zero attached hydrogens (tertiary/aromatic N) is 5. The van der Waals surface area contributed by atoms with Crippen LogP contribution in [0.25, 0.3) is 5.69 Å². The van der Waals surface area contributed by atoms with Crippen LogP contribution in [0.2, 0.25) is 5.02 Å². The van der Waals surface area contributed by atoms with E-state index in [1.807, 2.05) is 6.07 Å². The van der Waals surface area contributed by atoms with E-state index in [1.54, 1.807) is 0 Å². The molecule has 0 N–H and O–H groups in total. The van der Waals surface area contributed by atoms with Crippen LogP contribution in [0, 0.1) is 0 Å². The van der Waals surface area contributed by atoms with E-state index in [0.29, 0.717) is 6.04 Å². The summed E-state index contributed by atoms with van der Waals surface area (Å²) >= 11 is 6.31. The lowest BCUT2D eigenvalue weighted by atomic mass is 10.1. The van der Waals surface area contributed by atoms with E-state index in [2.05, 4.69) is 81.8 Å². The highest BCUT2D eigenvalue weighted by atomic mass is 35.5. The van der Waals surface area contributed by atoms with Gasteiger partial charge in [0.25, 0.3) is 0 Å². The Labute approximate surface area is 208 Å². The molecule has 2 heterocycles. The molecule has 1 saturated heterocycles. The zero-order valence-electron chi connectivity index (χ0n) is 20.5. The molecule has 3 aromatic rings. The van der Waals surface area contributed by atoms with Crippen LogP contribution in [0.15, 0.2) is 54.6 Å². The lowest BCUT2D eigenvalue weighted by Gasteiger charge is -2.36. The number of hydrogen-bond donors (Lipinski definition) is 0. The molecule has 0 radical (unpaired) electrons. The van der Waals surface area contributed by atoms with Crippen LogP contribution >= 0.6 is 11.6 Å². The summed E-state index contributed by atoms with van der Waals surface area (Å²) in [5.74, 6) is 1.29. The van der Waals surface area contributed by atoms with E-state index in [9.17, 15) is 0 Å². The number of likely N-dealkylation sites (N-methyl/N-ethyl adjacent to an activating group) is 1. The third-order valence-corrected chi connectivity index (χ3v) is 7.43. The van der Waals surface area contributed by atoms with Gasteiger partial charge >= 0.3 is 0 Å². The second-order valence-corrected chi connectivity index (χ2v) is 9.97. The highest BCUT2D eigenvalue weighted by Gasteiger charge is 2.33. The lowest BCUT2D eigenvalue weighted by molar-refractivity contribution is 0.244. The van der Waals surface area contributed by atoms with Crippen molar-refractivity contribution in [3.63, 3.8) is 0 Å². The molecule has 180 valence electrons. The van der Waals surface area contributed by atoms with E-state index < -0.39 is 0 Å². The fourth-order valence-electron chi connectivity index (χ4n) is 5.11. The van der Waals surface area contributed by atoms with Crippen molar-refractivity contribution < 1.29 is 0 Å². The third-order valence-electron chi connectivity index (χ3n) is 7.19.